The number of benzene rings is 3. The maximum absolute atomic E-state index is 13.8. The highest BCUT2D eigenvalue weighted by Crippen LogP contribution is 2.39. The lowest BCUT2D eigenvalue weighted by Crippen LogP contribution is -2.13. The molecule has 0 fully saturated rings. The highest BCUT2D eigenvalue weighted by Gasteiger charge is 2.29. The number of carbonyl (C=O) groups is 2. The Morgan fingerprint density at radius 1 is 0.750 bits per heavy atom. The Morgan fingerprint density at radius 3 is 1.91 bits per heavy atom. The number of aromatic nitrogens is 2. The number of nitrogens with two attached hydrogens (primary N) is 1. The number of primary amides is 1. The number of hydrogen-bond donors (Lipinski definition) is 1. The lowest BCUT2D eigenvalue weighted by atomic mass is 9.89. The van der Waals surface area contributed by atoms with Crippen LogP contribution in [0.15, 0.2) is 95.5 Å². The lowest BCUT2D eigenvalue weighted by molar-refractivity contribution is 0.0991. The van der Waals surface area contributed by atoms with Crippen LogP contribution >= 0.6 is 0 Å². The summed E-state index contributed by atoms with van der Waals surface area (Å²) in [5.74, 6) is -0.967. The molecule has 32 heavy (non-hydrogen) atoms. The van der Waals surface area contributed by atoms with E-state index in [1.54, 1.807) is 12.1 Å². The first kappa shape index (κ1) is 19.4. The second kappa shape index (κ2) is 7.92. The second-order valence-electron chi connectivity index (χ2n) is 7.21. The van der Waals surface area contributed by atoms with Crippen LogP contribution < -0.4 is 5.73 Å². The Balaban J connectivity index is 1.95. The summed E-state index contributed by atoms with van der Waals surface area (Å²) in [6.45, 7) is 0. The molecule has 0 aliphatic heterocycles. The molecule has 0 saturated heterocycles. The fraction of sp³-hybridized carbons (Fsp3) is 0. The standard InChI is InChI=1S/C26H17N3O3/c27-26(31)23-22-25(32-29-23)19(16-10-4-1-5-11-16)20(24(30)18-14-8-3-9-15-18)21(28-22)17-12-6-2-7-13-17/h1-15H,(H2,27,31). The Hall–Kier alpha value is -4.58. The van der Waals surface area contributed by atoms with E-state index in [0.717, 1.165) is 11.1 Å². The third kappa shape index (κ3) is 3.24. The first-order valence-electron chi connectivity index (χ1n) is 9.99. The van der Waals surface area contributed by atoms with Gasteiger partial charge < -0.3 is 10.3 Å². The monoisotopic (exact) mass is 419 g/mol. The summed E-state index contributed by atoms with van der Waals surface area (Å²) in [5, 5.41) is 3.87. The summed E-state index contributed by atoms with van der Waals surface area (Å²) in [6.07, 6.45) is 0. The number of rotatable bonds is 5. The maximum atomic E-state index is 13.8. The summed E-state index contributed by atoms with van der Waals surface area (Å²) >= 11 is 0. The highest BCUT2D eigenvalue weighted by atomic mass is 16.5. The Kier molecular flexibility index (Phi) is 4.80. The number of nitrogens with zero attached hydrogens (tertiary/aromatic N) is 2. The molecule has 6 nitrogen and oxygen atoms in total. The predicted molar refractivity (Wildman–Crippen MR) is 121 cm³/mol. The number of hydrogen-bond acceptors (Lipinski definition) is 5. The van der Waals surface area contributed by atoms with Crippen molar-refractivity contribution in [1.29, 1.82) is 0 Å². The van der Waals surface area contributed by atoms with Crippen LogP contribution in [0.4, 0.5) is 0 Å². The van der Waals surface area contributed by atoms with Crippen LogP contribution in [-0.2, 0) is 0 Å². The van der Waals surface area contributed by atoms with Gasteiger partial charge in [0, 0.05) is 16.7 Å². The molecule has 6 heteroatoms. The number of fused-ring (bicyclic) bond motifs is 1. The summed E-state index contributed by atoms with van der Waals surface area (Å²) in [4.78, 5) is 30.5. The first-order valence-corrected chi connectivity index (χ1v) is 9.99. The molecule has 154 valence electrons. The number of carbonyl (C=O) groups excluding carboxylic acids is 2. The summed E-state index contributed by atoms with van der Waals surface area (Å²) < 4.78 is 5.55. The number of amides is 1. The van der Waals surface area contributed by atoms with E-state index < -0.39 is 5.91 Å². The molecule has 1 amide bonds. The average molecular weight is 419 g/mol. The van der Waals surface area contributed by atoms with Gasteiger partial charge in [-0.15, -0.1) is 0 Å². The summed E-state index contributed by atoms with van der Waals surface area (Å²) in [5.41, 5.74) is 9.20. The molecule has 0 aliphatic carbocycles. The van der Waals surface area contributed by atoms with Crippen molar-refractivity contribution in [2.45, 2.75) is 0 Å². The largest absolute Gasteiger partial charge is 0.364 e. The van der Waals surface area contributed by atoms with Gasteiger partial charge in [0.2, 0.25) is 0 Å². The van der Waals surface area contributed by atoms with Gasteiger partial charge >= 0.3 is 0 Å². The van der Waals surface area contributed by atoms with Crippen LogP contribution in [-0.4, -0.2) is 21.8 Å². The molecule has 0 bridgehead atoms. The van der Waals surface area contributed by atoms with Crippen molar-refractivity contribution in [3.05, 3.63) is 108 Å². The number of pyridine rings is 1. The van der Waals surface area contributed by atoms with Crippen LogP contribution in [0.1, 0.15) is 26.4 Å². The Morgan fingerprint density at radius 2 is 1.31 bits per heavy atom. The van der Waals surface area contributed by atoms with E-state index in [0.29, 0.717) is 22.4 Å². The zero-order chi connectivity index (χ0) is 22.1. The topological polar surface area (TPSA) is 99.1 Å². The quantitative estimate of drug-likeness (QED) is 0.409. The van der Waals surface area contributed by atoms with Crippen LogP contribution in [0.25, 0.3) is 33.5 Å². The smallest absolute Gasteiger partial charge is 0.273 e. The van der Waals surface area contributed by atoms with Crippen molar-refractivity contribution < 1.29 is 14.1 Å². The van der Waals surface area contributed by atoms with Crippen LogP contribution in [0.3, 0.4) is 0 Å². The molecular weight excluding hydrogens is 402 g/mol. The molecular formula is C26H17N3O3. The van der Waals surface area contributed by atoms with Crippen LogP contribution in [0, 0.1) is 0 Å². The summed E-state index contributed by atoms with van der Waals surface area (Å²) in [7, 11) is 0. The van der Waals surface area contributed by atoms with E-state index in [1.807, 2.05) is 78.9 Å². The van der Waals surface area contributed by atoms with E-state index in [1.165, 1.54) is 0 Å². The molecule has 0 aliphatic rings. The van der Waals surface area contributed by atoms with Crippen molar-refractivity contribution in [3.63, 3.8) is 0 Å². The lowest BCUT2D eigenvalue weighted by Gasteiger charge is -2.15. The van der Waals surface area contributed by atoms with E-state index in [2.05, 4.69) is 10.1 Å². The van der Waals surface area contributed by atoms with E-state index >= 15 is 0 Å². The zero-order valence-corrected chi connectivity index (χ0v) is 16.9. The van der Waals surface area contributed by atoms with Crippen molar-refractivity contribution in [2.75, 3.05) is 0 Å². The van der Waals surface area contributed by atoms with Crippen molar-refractivity contribution in [1.82, 2.24) is 10.1 Å². The molecule has 2 N–H and O–H groups in total. The molecule has 0 radical (unpaired) electrons. The van der Waals surface area contributed by atoms with Gasteiger partial charge in [0.15, 0.2) is 17.1 Å². The van der Waals surface area contributed by atoms with E-state index in [-0.39, 0.29) is 22.6 Å². The van der Waals surface area contributed by atoms with Gasteiger partial charge in [-0.25, -0.2) is 4.98 Å². The SMILES string of the molecule is NC(=O)c1noc2c(-c3ccccc3)c(C(=O)c3ccccc3)c(-c3ccccc3)nc12. The summed E-state index contributed by atoms with van der Waals surface area (Å²) in [6, 6.07) is 27.7. The molecule has 2 heterocycles. The molecule has 0 saturated carbocycles. The van der Waals surface area contributed by atoms with Gasteiger partial charge in [-0.2, -0.15) is 0 Å². The number of ketones is 1. The van der Waals surface area contributed by atoms with Crippen LogP contribution in [0.5, 0.6) is 0 Å². The van der Waals surface area contributed by atoms with Gasteiger partial charge in [0.25, 0.3) is 5.91 Å². The fourth-order valence-electron chi connectivity index (χ4n) is 3.75. The van der Waals surface area contributed by atoms with Gasteiger partial charge in [-0.1, -0.05) is 96.2 Å². The first-order chi connectivity index (χ1) is 15.6. The maximum Gasteiger partial charge on any atom is 0.273 e. The average Bonchev–Trinajstić information content (AvgIpc) is 3.28. The third-order valence-corrected chi connectivity index (χ3v) is 5.21. The molecule has 0 unspecified atom stereocenters. The van der Waals surface area contributed by atoms with Gasteiger partial charge in [0.1, 0.15) is 5.52 Å². The zero-order valence-electron chi connectivity index (χ0n) is 16.9. The Labute approximate surface area is 183 Å². The molecule has 5 aromatic rings. The minimum Gasteiger partial charge on any atom is -0.364 e. The molecule has 0 spiro atoms. The Bertz CT molecular complexity index is 1440. The van der Waals surface area contributed by atoms with Gasteiger partial charge in [-0.3, -0.25) is 9.59 Å². The minimum atomic E-state index is -0.753. The van der Waals surface area contributed by atoms with Crippen molar-refractivity contribution in [3.8, 4) is 22.4 Å². The fourth-order valence-corrected chi connectivity index (χ4v) is 3.75. The molecule has 0 atom stereocenters. The van der Waals surface area contributed by atoms with Crippen LogP contribution in [0.2, 0.25) is 0 Å². The molecule has 5 rings (SSSR count). The van der Waals surface area contributed by atoms with Gasteiger partial charge in [0.05, 0.1) is 11.3 Å². The molecule has 2 aromatic heterocycles. The third-order valence-electron chi connectivity index (χ3n) is 5.21. The van der Waals surface area contributed by atoms with Gasteiger partial charge in [-0.05, 0) is 5.56 Å². The molecule has 3 aromatic carbocycles. The normalized spacial score (nSPS) is 10.9. The minimum absolute atomic E-state index is 0.0759. The van der Waals surface area contributed by atoms with E-state index in [4.69, 9.17) is 10.3 Å². The predicted octanol–water partition coefficient (Wildman–Crippen LogP) is 4.89. The van der Waals surface area contributed by atoms with Crippen molar-refractivity contribution in [2.24, 2.45) is 5.73 Å². The second-order valence-corrected chi connectivity index (χ2v) is 7.21. The van der Waals surface area contributed by atoms with Crippen molar-refractivity contribution >= 4 is 22.8 Å². The van der Waals surface area contributed by atoms with E-state index in [9.17, 15) is 9.59 Å². The highest BCUT2D eigenvalue weighted by molar-refractivity contribution is 6.20.